The van der Waals surface area contributed by atoms with Gasteiger partial charge in [0, 0.05) is 28.4 Å². The monoisotopic (exact) mass is 547 g/mol. The van der Waals surface area contributed by atoms with Crippen molar-refractivity contribution in [2.45, 2.75) is 50.1 Å². The SMILES string of the molecule is CC(C)(C)NS(=O)(=O)c1cccc(-c2cccc3nc(Nc4cccc(C(=O)NC5CCNCC5)c4)nn23)c1. The van der Waals surface area contributed by atoms with E-state index in [9.17, 15) is 13.2 Å². The van der Waals surface area contributed by atoms with Crippen LogP contribution in [0.15, 0.2) is 71.6 Å². The first-order valence-corrected chi connectivity index (χ1v) is 14.4. The summed E-state index contributed by atoms with van der Waals surface area (Å²) in [6.45, 7) is 7.21. The Labute approximate surface area is 228 Å². The van der Waals surface area contributed by atoms with Gasteiger partial charge in [-0.2, -0.15) is 4.98 Å². The second-order valence-corrected chi connectivity index (χ2v) is 12.4. The number of hydrogen-bond donors (Lipinski definition) is 4. The van der Waals surface area contributed by atoms with E-state index >= 15 is 0 Å². The summed E-state index contributed by atoms with van der Waals surface area (Å²) in [4.78, 5) is 17.5. The number of carbonyl (C=O) groups excluding carboxylic acids is 1. The molecule has 1 aliphatic rings. The molecule has 3 heterocycles. The number of rotatable bonds is 7. The van der Waals surface area contributed by atoms with Gasteiger partial charge in [-0.05, 0) is 89.2 Å². The molecule has 1 fully saturated rings. The first-order valence-electron chi connectivity index (χ1n) is 13.0. The van der Waals surface area contributed by atoms with Gasteiger partial charge >= 0.3 is 0 Å². The molecule has 2 aromatic heterocycles. The van der Waals surface area contributed by atoms with Crippen LogP contribution in [0.25, 0.3) is 16.9 Å². The third-order valence-corrected chi connectivity index (χ3v) is 8.05. The molecule has 11 heteroatoms. The van der Waals surface area contributed by atoms with Crippen molar-refractivity contribution in [3.63, 3.8) is 0 Å². The van der Waals surface area contributed by atoms with Crippen molar-refractivity contribution in [2.24, 2.45) is 0 Å². The van der Waals surface area contributed by atoms with Crippen molar-refractivity contribution in [3.8, 4) is 11.3 Å². The maximum Gasteiger partial charge on any atom is 0.251 e. The standard InChI is InChI=1S/C28H33N7O3S/c1-28(2,3)34-39(37,38)23-10-5-7-19(18-23)24-11-6-12-25-32-27(33-35(24)25)31-22-9-4-8-20(17-22)26(36)30-21-13-15-29-16-14-21/h4-12,17-18,21,29,34H,13-16H2,1-3H3,(H,30,36)(H,31,33). The van der Waals surface area contributed by atoms with Crippen molar-refractivity contribution in [2.75, 3.05) is 18.4 Å². The van der Waals surface area contributed by atoms with Crippen LogP contribution >= 0.6 is 0 Å². The molecule has 1 amide bonds. The zero-order valence-electron chi connectivity index (χ0n) is 22.2. The quantitative estimate of drug-likeness (QED) is 0.278. The summed E-state index contributed by atoms with van der Waals surface area (Å²) in [7, 11) is -3.70. The summed E-state index contributed by atoms with van der Waals surface area (Å²) in [6, 6.07) is 19.7. The maximum absolute atomic E-state index is 12.9. The average molecular weight is 548 g/mol. The lowest BCUT2D eigenvalue weighted by Crippen LogP contribution is -2.42. The average Bonchev–Trinajstić information content (AvgIpc) is 3.30. The van der Waals surface area contributed by atoms with Crippen LogP contribution in [0, 0.1) is 0 Å². The summed E-state index contributed by atoms with van der Waals surface area (Å²) in [5.41, 5.74) is 2.61. The highest BCUT2D eigenvalue weighted by Crippen LogP contribution is 2.25. The smallest absolute Gasteiger partial charge is 0.251 e. The number of pyridine rings is 1. The van der Waals surface area contributed by atoms with Crippen molar-refractivity contribution in [3.05, 3.63) is 72.3 Å². The molecule has 0 radical (unpaired) electrons. The van der Waals surface area contributed by atoms with Gasteiger partial charge in [0.25, 0.3) is 5.91 Å². The van der Waals surface area contributed by atoms with E-state index in [2.05, 4.69) is 30.8 Å². The van der Waals surface area contributed by atoms with Gasteiger partial charge in [-0.15, -0.1) is 5.10 Å². The van der Waals surface area contributed by atoms with Gasteiger partial charge in [0.2, 0.25) is 16.0 Å². The molecule has 0 saturated carbocycles. The van der Waals surface area contributed by atoms with E-state index in [0.717, 1.165) is 25.9 Å². The van der Waals surface area contributed by atoms with Crippen LogP contribution in [-0.2, 0) is 10.0 Å². The normalized spacial score (nSPS) is 14.8. The Morgan fingerprint density at radius 3 is 2.51 bits per heavy atom. The number of sulfonamides is 1. The van der Waals surface area contributed by atoms with Gasteiger partial charge in [-0.25, -0.2) is 17.7 Å². The van der Waals surface area contributed by atoms with Gasteiger partial charge in [-0.3, -0.25) is 4.79 Å². The molecule has 0 bridgehead atoms. The van der Waals surface area contributed by atoms with E-state index in [-0.39, 0.29) is 16.8 Å². The highest BCUT2D eigenvalue weighted by Gasteiger charge is 2.23. The summed E-state index contributed by atoms with van der Waals surface area (Å²) in [5.74, 6) is 0.253. The van der Waals surface area contributed by atoms with Gasteiger partial charge < -0.3 is 16.0 Å². The third-order valence-electron chi connectivity index (χ3n) is 6.30. The lowest BCUT2D eigenvalue weighted by Gasteiger charge is -2.23. The molecule has 0 spiro atoms. The van der Waals surface area contributed by atoms with E-state index < -0.39 is 15.6 Å². The van der Waals surface area contributed by atoms with E-state index in [4.69, 9.17) is 0 Å². The molecule has 4 aromatic rings. The molecule has 1 saturated heterocycles. The van der Waals surface area contributed by atoms with Crippen molar-refractivity contribution < 1.29 is 13.2 Å². The Kier molecular flexibility index (Phi) is 7.39. The summed E-state index contributed by atoms with van der Waals surface area (Å²) >= 11 is 0. The summed E-state index contributed by atoms with van der Waals surface area (Å²) in [5, 5.41) is 14.2. The Morgan fingerprint density at radius 1 is 1.00 bits per heavy atom. The van der Waals surface area contributed by atoms with Gasteiger partial charge in [0.05, 0.1) is 10.6 Å². The molecule has 10 nitrogen and oxygen atoms in total. The van der Waals surface area contributed by atoms with E-state index in [0.29, 0.717) is 34.1 Å². The van der Waals surface area contributed by atoms with Crippen LogP contribution in [-0.4, -0.2) is 53.6 Å². The predicted molar refractivity (Wildman–Crippen MR) is 152 cm³/mol. The second kappa shape index (κ2) is 10.8. The molecule has 0 aliphatic carbocycles. The van der Waals surface area contributed by atoms with Crippen molar-refractivity contribution in [1.29, 1.82) is 0 Å². The Hall–Kier alpha value is -3.80. The van der Waals surface area contributed by atoms with Gasteiger partial charge in [0.15, 0.2) is 5.65 Å². The number of nitrogens with one attached hydrogen (secondary N) is 4. The minimum atomic E-state index is -3.70. The predicted octanol–water partition coefficient (Wildman–Crippen LogP) is 3.70. The van der Waals surface area contributed by atoms with E-state index in [1.54, 1.807) is 55.6 Å². The molecule has 39 heavy (non-hydrogen) atoms. The highest BCUT2D eigenvalue weighted by atomic mass is 32.2. The number of piperidine rings is 1. The Balaban J connectivity index is 1.39. The molecule has 204 valence electrons. The zero-order valence-corrected chi connectivity index (χ0v) is 23.0. The number of nitrogens with zero attached hydrogens (tertiary/aromatic N) is 3. The number of amides is 1. The lowest BCUT2D eigenvalue weighted by atomic mass is 10.1. The van der Waals surface area contributed by atoms with Crippen LogP contribution < -0.4 is 20.7 Å². The number of carbonyl (C=O) groups is 1. The molecule has 0 atom stereocenters. The maximum atomic E-state index is 12.9. The van der Waals surface area contributed by atoms with Crippen LogP contribution in [0.3, 0.4) is 0 Å². The summed E-state index contributed by atoms with van der Waals surface area (Å²) < 4.78 is 30.2. The molecular formula is C28H33N7O3S. The Morgan fingerprint density at radius 2 is 1.74 bits per heavy atom. The highest BCUT2D eigenvalue weighted by molar-refractivity contribution is 7.89. The van der Waals surface area contributed by atoms with Crippen molar-refractivity contribution >= 4 is 33.2 Å². The first kappa shape index (κ1) is 26.8. The fourth-order valence-corrected chi connectivity index (χ4v) is 6.03. The topological polar surface area (TPSA) is 130 Å². The lowest BCUT2D eigenvalue weighted by molar-refractivity contribution is 0.0929. The first-order chi connectivity index (χ1) is 18.6. The van der Waals surface area contributed by atoms with Crippen LogP contribution in [0.2, 0.25) is 0 Å². The number of anilines is 2. The zero-order chi connectivity index (χ0) is 27.6. The number of hydrogen-bond acceptors (Lipinski definition) is 7. The largest absolute Gasteiger partial charge is 0.349 e. The minimum Gasteiger partial charge on any atom is -0.349 e. The molecular weight excluding hydrogens is 514 g/mol. The molecule has 2 aromatic carbocycles. The molecule has 4 N–H and O–H groups in total. The van der Waals surface area contributed by atoms with E-state index in [1.807, 2.05) is 36.4 Å². The van der Waals surface area contributed by atoms with Gasteiger partial charge in [0.1, 0.15) is 0 Å². The third kappa shape index (κ3) is 6.44. The van der Waals surface area contributed by atoms with Crippen LogP contribution in [0.4, 0.5) is 11.6 Å². The number of benzene rings is 2. The number of fused-ring (bicyclic) bond motifs is 1. The fourth-order valence-electron chi connectivity index (χ4n) is 4.56. The number of aromatic nitrogens is 3. The van der Waals surface area contributed by atoms with Crippen LogP contribution in [0.1, 0.15) is 44.0 Å². The second-order valence-electron chi connectivity index (χ2n) is 10.7. The molecule has 0 unspecified atom stereocenters. The fraction of sp³-hybridized carbons (Fsp3) is 0.321. The molecule has 5 rings (SSSR count). The van der Waals surface area contributed by atoms with Crippen molar-refractivity contribution in [1.82, 2.24) is 30.0 Å². The van der Waals surface area contributed by atoms with Gasteiger partial charge in [-0.1, -0.05) is 24.3 Å². The van der Waals surface area contributed by atoms with E-state index in [1.165, 1.54) is 0 Å². The molecule has 1 aliphatic heterocycles. The Bertz CT molecular complexity index is 1600. The summed E-state index contributed by atoms with van der Waals surface area (Å²) in [6.07, 6.45) is 1.83. The minimum absolute atomic E-state index is 0.105. The van der Waals surface area contributed by atoms with Crippen LogP contribution in [0.5, 0.6) is 0 Å².